The van der Waals surface area contributed by atoms with Crippen molar-refractivity contribution in [3.8, 4) is 0 Å². The minimum atomic E-state index is -0.769. The Morgan fingerprint density at radius 3 is 2.24 bits per heavy atom. The lowest BCUT2D eigenvalue weighted by Crippen LogP contribution is -2.36. The number of hydrogen-bond donors (Lipinski definition) is 3. The highest BCUT2D eigenvalue weighted by atomic mass is 16.4. The molecule has 5 nitrogen and oxygen atoms in total. The summed E-state index contributed by atoms with van der Waals surface area (Å²) >= 11 is 0. The average molecular weight is 286 g/mol. The molecule has 0 spiro atoms. The van der Waals surface area contributed by atoms with Crippen LogP contribution in [0.3, 0.4) is 0 Å². The second kappa shape index (κ2) is 5.24. The standard InChI is InChI=1S/C16H18N2O3/c19-14(20)16(9-10-16)11-5-7-13(8-6-11)18-15(21)17-12-3-1-2-4-12/h1-2,5-8,12H,3-4,9-10H2,(H,19,20)(H2,17,18,21). The SMILES string of the molecule is O=C(Nc1ccc(C2(C(=O)O)CC2)cc1)NC1CC=CC1. The van der Waals surface area contributed by atoms with Gasteiger partial charge in [-0.05, 0) is 43.4 Å². The summed E-state index contributed by atoms with van der Waals surface area (Å²) in [5.41, 5.74) is 0.778. The van der Waals surface area contributed by atoms with Gasteiger partial charge in [-0.2, -0.15) is 0 Å². The number of nitrogens with one attached hydrogen (secondary N) is 2. The lowest BCUT2D eigenvalue weighted by Gasteiger charge is -2.14. The number of urea groups is 1. The minimum absolute atomic E-state index is 0.172. The van der Waals surface area contributed by atoms with Crippen LogP contribution in [0.25, 0.3) is 0 Å². The molecule has 0 atom stereocenters. The van der Waals surface area contributed by atoms with Crippen molar-refractivity contribution < 1.29 is 14.7 Å². The van der Waals surface area contributed by atoms with Crippen LogP contribution < -0.4 is 10.6 Å². The second-order valence-corrected chi connectivity index (χ2v) is 5.70. The first-order valence-corrected chi connectivity index (χ1v) is 7.17. The zero-order valence-corrected chi connectivity index (χ0v) is 11.6. The van der Waals surface area contributed by atoms with E-state index in [9.17, 15) is 14.7 Å². The Kier molecular flexibility index (Phi) is 3.41. The van der Waals surface area contributed by atoms with E-state index in [1.807, 2.05) is 0 Å². The Labute approximate surface area is 123 Å². The summed E-state index contributed by atoms with van der Waals surface area (Å²) in [5, 5.41) is 14.9. The number of amides is 2. The third-order valence-electron chi connectivity index (χ3n) is 4.20. The van der Waals surface area contributed by atoms with Gasteiger partial charge in [-0.1, -0.05) is 24.3 Å². The minimum Gasteiger partial charge on any atom is -0.481 e. The molecular weight excluding hydrogens is 268 g/mol. The zero-order chi connectivity index (χ0) is 14.9. The molecule has 2 amide bonds. The predicted molar refractivity (Wildman–Crippen MR) is 79.3 cm³/mol. The monoisotopic (exact) mass is 286 g/mol. The van der Waals surface area contributed by atoms with Gasteiger partial charge in [-0.3, -0.25) is 4.79 Å². The van der Waals surface area contributed by atoms with Crippen LogP contribution in [0.15, 0.2) is 36.4 Å². The Hall–Kier alpha value is -2.30. The van der Waals surface area contributed by atoms with Gasteiger partial charge in [0.05, 0.1) is 5.41 Å². The summed E-state index contributed by atoms with van der Waals surface area (Å²) in [6.45, 7) is 0. The zero-order valence-electron chi connectivity index (χ0n) is 11.6. The highest BCUT2D eigenvalue weighted by Crippen LogP contribution is 2.48. The molecule has 0 unspecified atom stereocenters. The largest absolute Gasteiger partial charge is 0.481 e. The van der Waals surface area contributed by atoms with Crippen LogP contribution in [0.2, 0.25) is 0 Å². The number of carboxylic acids is 1. The van der Waals surface area contributed by atoms with Crippen molar-refractivity contribution in [2.24, 2.45) is 0 Å². The van der Waals surface area contributed by atoms with Crippen LogP contribution in [-0.2, 0) is 10.2 Å². The Morgan fingerprint density at radius 1 is 1.10 bits per heavy atom. The number of carbonyl (C=O) groups is 2. The molecule has 0 radical (unpaired) electrons. The van der Waals surface area contributed by atoms with E-state index in [1.54, 1.807) is 24.3 Å². The van der Waals surface area contributed by atoms with E-state index in [0.29, 0.717) is 18.5 Å². The highest BCUT2D eigenvalue weighted by Gasteiger charge is 2.51. The molecule has 5 heteroatoms. The van der Waals surface area contributed by atoms with Gasteiger partial charge < -0.3 is 15.7 Å². The van der Waals surface area contributed by atoms with Gasteiger partial charge in [0.2, 0.25) is 0 Å². The fourth-order valence-corrected chi connectivity index (χ4v) is 2.71. The molecule has 0 bridgehead atoms. The molecule has 21 heavy (non-hydrogen) atoms. The summed E-state index contributed by atoms with van der Waals surface area (Å²) < 4.78 is 0. The average Bonchev–Trinajstić information content (AvgIpc) is 3.12. The molecule has 3 N–H and O–H groups in total. The van der Waals surface area contributed by atoms with Crippen molar-refractivity contribution in [3.63, 3.8) is 0 Å². The fraction of sp³-hybridized carbons (Fsp3) is 0.375. The number of hydrogen-bond acceptors (Lipinski definition) is 2. The molecule has 0 aliphatic heterocycles. The van der Waals surface area contributed by atoms with Crippen LogP contribution in [0, 0.1) is 0 Å². The lowest BCUT2D eigenvalue weighted by atomic mass is 9.96. The Bertz CT molecular complexity index is 580. The third kappa shape index (κ3) is 2.77. The van der Waals surface area contributed by atoms with E-state index in [2.05, 4.69) is 22.8 Å². The fourth-order valence-electron chi connectivity index (χ4n) is 2.71. The maximum Gasteiger partial charge on any atom is 0.319 e. The van der Waals surface area contributed by atoms with E-state index in [4.69, 9.17) is 0 Å². The molecule has 1 saturated carbocycles. The molecule has 1 aromatic carbocycles. The highest BCUT2D eigenvalue weighted by molar-refractivity contribution is 5.90. The first kappa shape index (κ1) is 13.7. The third-order valence-corrected chi connectivity index (χ3v) is 4.20. The van der Waals surface area contributed by atoms with E-state index < -0.39 is 11.4 Å². The number of anilines is 1. The predicted octanol–water partition coefficient (Wildman–Crippen LogP) is 2.64. The van der Waals surface area contributed by atoms with Crippen molar-refractivity contribution >= 4 is 17.7 Å². The van der Waals surface area contributed by atoms with Gasteiger partial charge in [-0.25, -0.2) is 4.79 Å². The van der Waals surface area contributed by atoms with Crippen molar-refractivity contribution in [1.82, 2.24) is 5.32 Å². The van der Waals surface area contributed by atoms with E-state index in [1.165, 1.54) is 0 Å². The first-order valence-electron chi connectivity index (χ1n) is 7.17. The number of benzene rings is 1. The quantitative estimate of drug-likeness (QED) is 0.744. The van der Waals surface area contributed by atoms with Crippen LogP contribution in [0.1, 0.15) is 31.2 Å². The van der Waals surface area contributed by atoms with E-state index in [0.717, 1.165) is 18.4 Å². The normalized spacial score (nSPS) is 19.2. The molecule has 0 heterocycles. The van der Waals surface area contributed by atoms with Gasteiger partial charge in [0.1, 0.15) is 0 Å². The van der Waals surface area contributed by atoms with Crippen molar-refractivity contribution in [1.29, 1.82) is 0 Å². The van der Waals surface area contributed by atoms with Crippen LogP contribution in [-0.4, -0.2) is 23.1 Å². The Morgan fingerprint density at radius 2 is 1.71 bits per heavy atom. The van der Waals surface area contributed by atoms with E-state index in [-0.39, 0.29) is 12.1 Å². The summed E-state index contributed by atoms with van der Waals surface area (Å²) in [7, 11) is 0. The maximum absolute atomic E-state index is 11.8. The van der Waals surface area contributed by atoms with Crippen molar-refractivity contribution in [3.05, 3.63) is 42.0 Å². The summed E-state index contributed by atoms with van der Waals surface area (Å²) in [6, 6.07) is 7.03. The molecule has 0 aromatic heterocycles. The lowest BCUT2D eigenvalue weighted by molar-refractivity contribution is -0.140. The summed E-state index contributed by atoms with van der Waals surface area (Å²) in [5.74, 6) is -0.769. The van der Waals surface area contributed by atoms with Gasteiger partial charge in [0.15, 0.2) is 0 Å². The molecular formula is C16H18N2O3. The van der Waals surface area contributed by atoms with Crippen molar-refractivity contribution in [2.45, 2.75) is 37.1 Å². The van der Waals surface area contributed by atoms with Gasteiger partial charge in [0.25, 0.3) is 0 Å². The molecule has 110 valence electrons. The maximum atomic E-state index is 11.8. The molecule has 2 aliphatic rings. The molecule has 1 fully saturated rings. The smallest absolute Gasteiger partial charge is 0.319 e. The van der Waals surface area contributed by atoms with E-state index >= 15 is 0 Å². The molecule has 1 aromatic rings. The van der Waals surface area contributed by atoms with Gasteiger partial charge >= 0.3 is 12.0 Å². The van der Waals surface area contributed by atoms with Gasteiger partial charge in [-0.15, -0.1) is 0 Å². The second-order valence-electron chi connectivity index (χ2n) is 5.70. The summed E-state index contributed by atoms with van der Waals surface area (Å²) in [6.07, 6.45) is 7.22. The van der Waals surface area contributed by atoms with Crippen molar-refractivity contribution in [2.75, 3.05) is 5.32 Å². The number of carboxylic acid groups (broad SMARTS) is 1. The topological polar surface area (TPSA) is 78.4 Å². The first-order chi connectivity index (χ1) is 10.1. The van der Waals surface area contributed by atoms with Crippen LogP contribution in [0.4, 0.5) is 10.5 Å². The van der Waals surface area contributed by atoms with Gasteiger partial charge in [0, 0.05) is 11.7 Å². The summed E-state index contributed by atoms with van der Waals surface area (Å²) in [4.78, 5) is 23.1. The molecule has 0 saturated heterocycles. The van der Waals surface area contributed by atoms with Crippen LogP contribution >= 0.6 is 0 Å². The molecule has 2 aliphatic carbocycles. The number of aliphatic carboxylic acids is 1. The molecule has 3 rings (SSSR count). The van der Waals surface area contributed by atoms with Crippen LogP contribution in [0.5, 0.6) is 0 Å². The number of carbonyl (C=O) groups excluding carboxylic acids is 1. The number of rotatable bonds is 4. The Balaban J connectivity index is 1.59.